The average molecular weight is 298 g/mol. The summed E-state index contributed by atoms with van der Waals surface area (Å²) in [5.74, 6) is -0.590. The summed E-state index contributed by atoms with van der Waals surface area (Å²) < 4.78 is 0. The van der Waals surface area contributed by atoms with E-state index in [9.17, 15) is 9.59 Å². The lowest BCUT2D eigenvalue weighted by Gasteiger charge is -2.07. The largest absolute Gasteiger partial charge is 0.351 e. The zero-order chi connectivity index (χ0) is 15.8. The molecule has 0 radical (unpaired) electrons. The van der Waals surface area contributed by atoms with Crippen molar-refractivity contribution in [2.45, 2.75) is 19.9 Å². The maximum Gasteiger partial charge on any atom is 0.270 e. The Bertz CT molecular complexity index is 644. The van der Waals surface area contributed by atoms with Crippen LogP contribution in [0.2, 0.25) is 0 Å². The standard InChI is InChI=1S/C16H18N4O2/c1-2-8-18-15(21)13-4-3-5-14(20-13)16(22)19-11-12-6-9-17-10-7-12/h3-7,9-10H,2,8,11H2,1H3,(H,18,21)(H,19,22). The minimum absolute atomic E-state index is 0.221. The van der Waals surface area contributed by atoms with Crippen LogP contribution in [0.1, 0.15) is 39.9 Å². The number of nitrogens with zero attached hydrogens (tertiary/aromatic N) is 2. The molecule has 0 atom stereocenters. The number of carbonyl (C=O) groups excluding carboxylic acids is 2. The molecule has 6 nitrogen and oxygen atoms in total. The Hall–Kier alpha value is -2.76. The van der Waals surface area contributed by atoms with Gasteiger partial charge in [0.15, 0.2) is 0 Å². The summed E-state index contributed by atoms with van der Waals surface area (Å²) >= 11 is 0. The van der Waals surface area contributed by atoms with E-state index in [0.717, 1.165) is 12.0 Å². The summed E-state index contributed by atoms with van der Waals surface area (Å²) in [6, 6.07) is 8.46. The van der Waals surface area contributed by atoms with Gasteiger partial charge in [-0.25, -0.2) is 4.98 Å². The molecule has 114 valence electrons. The van der Waals surface area contributed by atoms with E-state index >= 15 is 0 Å². The van der Waals surface area contributed by atoms with Crippen LogP contribution in [-0.2, 0) is 6.54 Å². The molecule has 0 spiro atoms. The monoisotopic (exact) mass is 298 g/mol. The van der Waals surface area contributed by atoms with Gasteiger partial charge in [0.25, 0.3) is 11.8 Å². The van der Waals surface area contributed by atoms with Crippen LogP contribution in [0.25, 0.3) is 0 Å². The second-order valence-electron chi connectivity index (χ2n) is 4.70. The molecule has 0 aliphatic rings. The molecule has 0 aliphatic heterocycles. The number of aromatic nitrogens is 2. The van der Waals surface area contributed by atoms with E-state index in [-0.39, 0.29) is 23.2 Å². The predicted molar refractivity (Wildman–Crippen MR) is 82.3 cm³/mol. The first-order valence-electron chi connectivity index (χ1n) is 7.13. The van der Waals surface area contributed by atoms with Crippen LogP contribution in [0.3, 0.4) is 0 Å². The molecule has 6 heteroatoms. The fraction of sp³-hybridized carbons (Fsp3) is 0.250. The third-order valence-electron chi connectivity index (χ3n) is 2.95. The zero-order valence-electron chi connectivity index (χ0n) is 12.4. The number of hydrogen-bond donors (Lipinski definition) is 2. The van der Waals surface area contributed by atoms with Crippen molar-refractivity contribution in [2.75, 3.05) is 6.54 Å². The Morgan fingerprint density at radius 2 is 1.64 bits per heavy atom. The van der Waals surface area contributed by atoms with Gasteiger partial charge >= 0.3 is 0 Å². The van der Waals surface area contributed by atoms with Gasteiger partial charge in [-0.1, -0.05) is 13.0 Å². The topological polar surface area (TPSA) is 84.0 Å². The Balaban J connectivity index is 1.99. The van der Waals surface area contributed by atoms with Crippen molar-refractivity contribution in [1.29, 1.82) is 0 Å². The molecule has 0 aliphatic carbocycles. The molecule has 2 aromatic rings. The molecule has 0 saturated heterocycles. The second kappa shape index (κ2) is 7.87. The van der Waals surface area contributed by atoms with E-state index in [0.29, 0.717) is 13.1 Å². The van der Waals surface area contributed by atoms with Crippen molar-refractivity contribution < 1.29 is 9.59 Å². The van der Waals surface area contributed by atoms with Gasteiger partial charge in [-0.05, 0) is 36.2 Å². The SMILES string of the molecule is CCCNC(=O)c1cccc(C(=O)NCc2ccncc2)n1. The minimum Gasteiger partial charge on any atom is -0.351 e. The van der Waals surface area contributed by atoms with Gasteiger partial charge in [0, 0.05) is 25.5 Å². The van der Waals surface area contributed by atoms with Crippen LogP contribution >= 0.6 is 0 Å². The van der Waals surface area contributed by atoms with E-state index in [2.05, 4.69) is 20.6 Å². The molecule has 2 N–H and O–H groups in total. The van der Waals surface area contributed by atoms with Gasteiger partial charge in [-0.3, -0.25) is 14.6 Å². The van der Waals surface area contributed by atoms with E-state index in [1.165, 1.54) is 0 Å². The Labute approximate surface area is 129 Å². The van der Waals surface area contributed by atoms with Crippen LogP contribution in [0, 0.1) is 0 Å². The van der Waals surface area contributed by atoms with Crippen molar-refractivity contribution in [3.8, 4) is 0 Å². The van der Waals surface area contributed by atoms with E-state index in [1.54, 1.807) is 30.6 Å². The smallest absolute Gasteiger partial charge is 0.270 e. The highest BCUT2D eigenvalue weighted by Crippen LogP contribution is 2.01. The predicted octanol–water partition coefficient (Wildman–Crippen LogP) is 1.55. The molecule has 0 fully saturated rings. The number of pyridine rings is 2. The van der Waals surface area contributed by atoms with Gasteiger partial charge in [0.05, 0.1) is 0 Å². The van der Waals surface area contributed by atoms with Crippen LogP contribution in [0.15, 0.2) is 42.7 Å². The van der Waals surface area contributed by atoms with E-state index in [1.807, 2.05) is 19.1 Å². The minimum atomic E-state index is -0.318. The fourth-order valence-electron chi connectivity index (χ4n) is 1.79. The maximum atomic E-state index is 12.1. The number of nitrogens with one attached hydrogen (secondary N) is 2. The fourth-order valence-corrected chi connectivity index (χ4v) is 1.79. The first-order chi connectivity index (χ1) is 10.7. The summed E-state index contributed by atoms with van der Waals surface area (Å²) in [6.07, 6.45) is 4.18. The van der Waals surface area contributed by atoms with Crippen molar-refractivity contribution in [3.63, 3.8) is 0 Å². The second-order valence-corrected chi connectivity index (χ2v) is 4.70. The van der Waals surface area contributed by atoms with Gasteiger partial charge < -0.3 is 10.6 Å². The highest BCUT2D eigenvalue weighted by molar-refractivity contribution is 5.96. The van der Waals surface area contributed by atoms with Crippen LogP contribution in [0.4, 0.5) is 0 Å². The van der Waals surface area contributed by atoms with E-state index < -0.39 is 0 Å². The summed E-state index contributed by atoms with van der Waals surface area (Å²) in [6.45, 7) is 2.94. The number of rotatable bonds is 6. The average Bonchev–Trinajstić information content (AvgIpc) is 2.58. The van der Waals surface area contributed by atoms with Crippen molar-refractivity contribution in [3.05, 3.63) is 59.7 Å². The van der Waals surface area contributed by atoms with Gasteiger partial charge in [-0.2, -0.15) is 0 Å². The molecule has 2 heterocycles. The number of amides is 2. The highest BCUT2D eigenvalue weighted by Gasteiger charge is 2.11. The van der Waals surface area contributed by atoms with Crippen molar-refractivity contribution >= 4 is 11.8 Å². The van der Waals surface area contributed by atoms with Crippen LogP contribution in [0.5, 0.6) is 0 Å². The Morgan fingerprint density at radius 1 is 1.00 bits per heavy atom. The lowest BCUT2D eigenvalue weighted by molar-refractivity contribution is 0.0942. The molecule has 0 saturated carbocycles. The molecule has 2 rings (SSSR count). The van der Waals surface area contributed by atoms with Crippen molar-refractivity contribution in [1.82, 2.24) is 20.6 Å². The summed E-state index contributed by atoms with van der Waals surface area (Å²) in [5, 5.41) is 5.50. The van der Waals surface area contributed by atoms with Gasteiger partial charge in [0.2, 0.25) is 0 Å². The highest BCUT2D eigenvalue weighted by atomic mass is 16.2. The normalized spacial score (nSPS) is 10.0. The quantitative estimate of drug-likeness (QED) is 0.847. The molecule has 0 unspecified atom stereocenters. The van der Waals surface area contributed by atoms with Crippen molar-refractivity contribution in [2.24, 2.45) is 0 Å². The molecular formula is C16H18N4O2. The Kier molecular flexibility index (Phi) is 5.59. The van der Waals surface area contributed by atoms with Gasteiger partial charge in [0.1, 0.15) is 11.4 Å². The Morgan fingerprint density at radius 3 is 2.27 bits per heavy atom. The molecule has 22 heavy (non-hydrogen) atoms. The first kappa shape index (κ1) is 15.6. The molecule has 2 aromatic heterocycles. The van der Waals surface area contributed by atoms with Crippen LogP contribution in [-0.4, -0.2) is 28.3 Å². The number of hydrogen-bond acceptors (Lipinski definition) is 4. The lowest BCUT2D eigenvalue weighted by atomic mass is 10.2. The van der Waals surface area contributed by atoms with E-state index in [4.69, 9.17) is 0 Å². The summed E-state index contributed by atoms with van der Waals surface area (Å²) in [4.78, 5) is 31.9. The third kappa shape index (κ3) is 4.37. The molecule has 0 bridgehead atoms. The molecule has 2 amide bonds. The summed E-state index contributed by atoms with van der Waals surface area (Å²) in [7, 11) is 0. The van der Waals surface area contributed by atoms with Gasteiger partial charge in [-0.15, -0.1) is 0 Å². The zero-order valence-corrected chi connectivity index (χ0v) is 12.4. The van der Waals surface area contributed by atoms with Crippen LogP contribution < -0.4 is 10.6 Å². The summed E-state index contributed by atoms with van der Waals surface area (Å²) in [5.41, 5.74) is 1.41. The first-order valence-corrected chi connectivity index (χ1v) is 7.13. The molecule has 0 aromatic carbocycles. The number of carbonyl (C=O) groups is 2. The maximum absolute atomic E-state index is 12.1. The lowest BCUT2D eigenvalue weighted by Crippen LogP contribution is -2.27. The third-order valence-corrected chi connectivity index (χ3v) is 2.95. The molecular weight excluding hydrogens is 280 g/mol.